The summed E-state index contributed by atoms with van der Waals surface area (Å²) in [5.74, 6) is -0.409. The zero-order valence-electron chi connectivity index (χ0n) is 18.9. The highest BCUT2D eigenvalue weighted by Gasteiger charge is 2.47. The second-order valence-electron chi connectivity index (χ2n) is 9.47. The highest BCUT2D eigenvalue weighted by molar-refractivity contribution is 5.92. The smallest absolute Gasteiger partial charge is 0.415 e. The van der Waals surface area contributed by atoms with E-state index in [9.17, 15) is 9.59 Å². The number of hydrogen-bond acceptors (Lipinski definition) is 5. The molecule has 2 saturated heterocycles. The molecule has 34 heavy (non-hydrogen) atoms. The summed E-state index contributed by atoms with van der Waals surface area (Å²) in [6, 6.07) is 12.3. The number of ether oxygens (including phenoxy) is 1. The van der Waals surface area contributed by atoms with E-state index >= 15 is 0 Å². The molecule has 9 nitrogen and oxygen atoms in total. The third kappa shape index (κ3) is 4.32. The normalized spacial score (nSPS) is 20.0. The van der Waals surface area contributed by atoms with Crippen molar-refractivity contribution in [3.05, 3.63) is 69.6 Å². The first-order valence-electron chi connectivity index (χ1n) is 11.7. The fraction of sp³-hybridized carbons (Fsp3) is 0.440. The van der Waals surface area contributed by atoms with E-state index < -0.39 is 11.6 Å². The van der Waals surface area contributed by atoms with Gasteiger partial charge in [-0.05, 0) is 65.7 Å². The summed E-state index contributed by atoms with van der Waals surface area (Å²) in [6.07, 6.45) is 4.75. The molecule has 2 aromatic rings. The molecule has 0 unspecified atom stereocenters. The first-order chi connectivity index (χ1) is 16.5. The molecule has 1 spiro atoms. The number of carboxylic acids is 1. The van der Waals surface area contributed by atoms with E-state index in [-0.39, 0.29) is 11.7 Å². The zero-order valence-corrected chi connectivity index (χ0v) is 18.9. The average molecular weight is 462 g/mol. The van der Waals surface area contributed by atoms with Gasteiger partial charge in [0, 0.05) is 48.8 Å². The van der Waals surface area contributed by atoms with Crippen LogP contribution in [0, 0.1) is 0 Å². The predicted molar refractivity (Wildman–Crippen MR) is 126 cm³/mol. The van der Waals surface area contributed by atoms with Crippen LogP contribution in [0.15, 0.2) is 47.6 Å². The molecule has 176 valence electrons. The van der Waals surface area contributed by atoms with Crippen LogP contribution in [0.1, 0.15) is 59.5 Å². The molecule has 2 heterocycles. The lowest BCUT2D eigenvalue weighted by molar-refractivity contribution is -0.00107. The lowest BCUT2D eigenvalue weighted by atomic mass is 9.78. The molecule has 1 aliphatic carbocycles. The maximum absolute atomic E-state index is 12.6. The first kappa shape index (κ1) is 22.3. The lowest BCUT2D eigenvalue weighted by Gasteiger charge is -2.38. The van der Waals surface area contributed by atoms with Crippen molar-refractivity contribution in [2.24, 2.45) is 5.11 Å². The Hall–Kier alpha value is -3.55. The van der Waals surface area contributed by atoms with E-state index in [2.05, 4.69) is 21.0 Å². The van der Waals surface area contributed by atoms with Gasteiger partial charge in [0.05, 0.1) is 12.1 Å². The van der Waals surface area contributed by atoms with Crippen molar-refractivity contribution in [3.63, 3.8) is 0 Å². The molecule has 9 heteroatoms. The number of carbonyl (C=O) groups is 2. The summed E-state index contributed by atoms with van der Waals surface area (Å²) in [6.45, 7) is 2.85. The highest BCUT2D eigenvalue weighted by atomic mass is 16.6. The SMILES string of the molecule is [N-]=[N+]=Nc1ccc(C2CCC2)c(CN2CCC3(CC2)CN(c2ccc(C(=O)O)cc2)C(=O)O3)c1. The van der Waals surface area contributed by atoms with Crippen LogP contribution in [0.2, 0.25) is 0 Å². The number of nitrogens with zero attached hydrogens (tertiary/aromatic N) is 5. The molecule has 3 fully saturated rings. The molecule has 1 N–H and O–H groups in total. The Morgan fingerprint density at radius 2 is 1.91 bits per heavy atom. The fourth-order valence-electron chi connectivity index (χ4n) is 5.19. The van der Waals surface area contributed by atoms with Crippen LogP contribution in [0.5, 0.6) is 0 Å². The quantitative estimate of drug-likeness (QED) is 0.342. The van der Waals surface area contributed by atoms with Gasteiger partial charge in [-0.25, -0.2) is 9.59 Å². The van der Waals surface area contributed by atoms with E-state index in [1.807, 2.05) is 12.1 Å². The molecule has 1 amide bonds. The number of hydrogen-bond donors (Lipinski definition) is 1. The Kier molecular flexibility index (Phi) is 5.89. The number of aromatic carboxylic acids is 1. The molecular weight excluding hydrogens is 434 g/mol. The van der Waals surface area contributed by atoms with Gasteiger partial charge in [-0.15, -0.1) is 0 Å². The van der Waals surface area contributed by atoms with Gasteiger partial charge < -0.3 is 9.84 Å². The summed E-state index contributed by atoms with van der Waals surface area (Å²) in [5.41, 5.74) is 12.3. The van der Waals surface area contributed by atoms with Crippen LogP contribution < -0.4 is 4.90 Å². The van der Waals surface area contributed by atoms with Gasteiger partial charge in [0.1, 0.15) is 5.60 Å². The molecular formula is C25H27N5O4. The summed E-state index contributed by atoms with van der Waals surface area (Å²) >= 11 is 0. The Morgan fingerprint density at radius 1 is 1.18 bits per heavy atom. The standard InChI is InChI=1S/C25H27N5O4/c26-28-27-20-6-9-22(17-2-1-3-17)19(14-20)15-29-12-10-25(11-13-29)16-30(24(33)34-25)21-7-4-18(5-8-21)23(31)32/h4-9,14,17H,1-3,10-13,15-16H2,(H,31,32). The maximum Gasteiger partial charge on any atom is 0.415 e. The van der Waals surface area contributed by atoms with Crippen molar-refractivity contribution in [1.82, 2.24) is 4.90 Å². The van der Waals surface area contributed by atoms with E-state index in [0.717, 1.165) is 32.5 Å². The van der Waals surface area contributed by atoms with Crippen LogP contribution in [0.25, 0.3) is 10.4 Å². The highest BCUT2D eigenvalue weighted by Crippen LogP contribution is 2.40. The Morgan fingerprint density at radius 3 is 2.53 bits per heavy atom. The van der Waals surface area contributed by atoms with Crippen molar-refractivity contribution in [2.75, 3.05) is 24.5 Å². The van der Waals surface area contributed by atoms with Gasteiger partial charge in [0.15, 0.2) is 0 Å². The molecule has 2 aromatic carbocycles. The van der Waals surface area contributed by atoms with Crippen LogP contribution in [0.4, 0.5) is 16.2 Å². The van der Waals surface area contributed by atoms with E-state index in [1.165, 1.54) is 42.5 Å². The second-order valence-corrected chi connectivity index (χ2v) is 9.47. The molecule has 5 rings (SSSR count). The number of amides is 1. The van der Waals surface area contributed by atoms with Gasteiger partial charge in [0.25, 0.3) is 0 Å². The molecule has 1 saturated carbocycles. The largest absolute Gasteiger partial charge is 0.478 e. The summed E-state index contributed by atoms with van der Waals surface area (Å²) in [5, 5.41) is 12.9. The number of carboxylic acid groups (broad SMARTS) is 1. The number of likely N-dealkylation sites (tertiary alicyclic amines) is 1. The number of azide groups is 1. The van der Waals surface area contributed by atoms with Crippen molar-refractivity contribution < 1.29 is 19.4 Å². The minimum absolute atomic E-state index is 0.185. The van der Waals surface area contributed by atoms with Crippen molar-refractivity contribution in [3.8, 4) is 0 Å². The third-order valence-corrected chi connectivity index (χ3v) is 7.39. The van der Waals surface area contributed by atoms with E-state index in [0.29, 0.717) is 23.8 Å². The van der Waals surface area contributed by atoms with Gasteiger partial charge in [0.2, 0.25) is 0 Å². The summed E-state index contributed by atoms with van der Waals surface area (Å²) in [4.78, 5) is 30.6. The lowest BCUT2D eigenvalue weighted by Crippen LogP contribution is -2.46. The molecule has 0 aromatic heterocycles. The number of benzene rings is 2. The molecule has 0 atom stereocenters. The van der Waals surface area contributed by atoms with Gasteiger partial charge in [-0.1, -0.05) is 23.7 Å². The Bertz CT molecular complexity index is 1150. The summed E-state index contributed by atoms with van der Waals surface area (Å²) < 4.78 is 5.86. The van der Waals surface area contributed by atoms with Crippen molar-refractivity contribution in [2.45, 2.75) is 50.2 Å². The number of piperidine rings is 1. The number of carbonyl (C=O) groups excluding carboxylic acids is 1. The van der Waals surface area contributed by atoms with Crippen molar-refractivity contribution in [1.29, 1.82) is 0 Å². The minimum Gasteiger partial charge on any atom is -0.478 e. The van der Waals surface area contributed by atoms with Crippen molar-refractivity contribution >= 4 is 23.4 Å². The molecule has 3 aliphatic rings. The molecule has 2 aliphatic heterocycles. The van der Waals surface area contributed by atoms with E-state index in [4.69, 9.17) is 15.4 Å². The average Bonchev–Trinajstić information content (AvgIpc) is 3.12. The van der Waals surface area contributed by atoms with E-state index in [1.54, 1.807) is 17.0 Å². The number of anilines is 1. The third-order valence-electron chi connectivity index (χ3n) is 7.39. The molecule has 0 radical (unpaired) electrons. The topological polar surface area (TPSA) is 119 Å². The van der Waals surface area contributed by atoms with Crippen LogP contribution >= 0.6 is 0 Å². The molecule has 0 bridgehead atoms. The van der Waals surface area contributed by atoms with Gasteiger partial charge in [-0.3, -0.25) is 9.80 Å². The monoisotopic (exact) mass is 461 g/mol. The first-order valence-corrected chi connectivity index (χ1v) is 11.7. The van der Waals surface area contributed by atoms with Crippen LogP contribution in [-0.2, 0) is 11.3 Å². The zero-order chi connectivity index (χ0) is 23.7. The fourth-order valence-corrected chi connectivity index (χ4v) is 5.19. The van der Waals surface area contributed by atoms with Crippen LogP contribution in [-0.4, -0.2) is 47.3 Å². The maximum atomic E-state index is 12.6. The second kappa shape index (κ2) is 9.00. The summed E-state index contributed by atoms with van der Waals surface area (Å²) in [7, 11) is 0. The predicted octanol–water partition coefficient (Wildman–Crippen LogP) is 5.59. The Balaban J connectivity index is 1.25. The minimum atomic E-state index is -0.996. The number of rotatable bonds is 6. The van der Waals surface area contributed by atoms with Gasteiger partial charge >= 0.3 is 12.1 Å². The van der Waals surface area contributed by atoms with Crippen LogP contribution in [0.3, 0.4) is 0 Å². The Labute approximate surface area is 197 Å². The van der Waals surface area contributed by atoms with Gasteiger partial charge in [-0.2, -0.15) is 0 Å².